The fraction of sp³-hybridized carbons (Fsp3) is 0.238. The quantitative estimate of drug-likeness (QED) is 0.602. The number of ether oxygens (including phenoxy) is 2. The number of hydrogen-bond donors (Lipinski definition) is 2. The third kappa shape index (κ3) is 6.42. The molecule has 0 aliphatic rings. The first-order chi connectivity index (χ1) is 13.4. The van der Waals surface area contributed by atoms with E-state index in [1.54, 1.807) is 31.4 Å². The van der Waals surface area contributed by atoms with Gasteiger partial charge in [0.2, 0.25) is 11.8 Å². The van der Waals surface area contributed by atoms with Crippen LogP contribution in [0.25, 0.3) is 6.08 Å². The zero-order valence-corrected chi connectivity index (χ0v) is 17.6. The number of carbonyl (C=O) groups is 2. The third-order valence-electron chi connectivity index (χ3n) is 3.80. The summed E-state index contributed by atoms with van der Waals surface area (Å²) in [6.07, 6.45) is 3.02. The fourth-order valence-electron chi connectivity index (χ4n) is 2.43. The molecule has 0 aliphatic heterocycles. The van der Waals surface area contributed by atoms with Gasteiger partial charge in [-0.2, -0.15) is 0 Å². The van der Waals surface area contributed by atoms with Gasteiger partial charge in [-0.1, -0.05) is 22.0 Å². The molecule has 2 aromatic carbocycles. The van der Waals surface area contributed by atoms with Crippen molar-refractivity contribution in [2.45, 2.75) is 13.8 Å². The lowest BCUT2D eigenvalue weighted by molar-refractivity contribution is -0.121. The fourth-order valence-corrected chi connectivity index (χ4v) is 2.90. The lowest BCUT2D eigenvalue weighted by Crippen LogP contribution is -2.31. The highest BCUT2D eigenvalue weighted by atomic mass is 79.9. The molecule has 2 amide bonds. The molecule has 0 unspecified atom stereocenters. The molecule has 0 heterocycles. The van der Waals surface area contributed by atoms with Gasteiger partial charge in [0.05, 0.1) is 20.3 Å². The Hall–Kier alpha value is -2.80. The van der Waals surface area contributed by atoms with Crippen LogP contribution in [0.4, 0.5) is 5.69 Å². The summed E-state index contributed by atoms with van der Waals surface area (Å²) in [5.74, 6) is 0.576. The molecule has 2 N–H and O–H groups in total. The predicted octanol–water partition coefficient (Wildman–Crippen LogP) is 3.93. The van der Waals surface area contributed by atoms with Crippen molar-refractivity contribution in [1.82, 2.24) is 5.32 Å². The Balaban J connectivity index is 1.89. The van der Waals surface area contributed by atoms with Gasteiger partial charge in [-0.3, -0.25) is 9.59 Å². The van der Waals surface area contributed by atoms with Crippen molar-refractivity contribution in [3.05, 3.63) is 58.1 Å². The lowest BCUT2D eigenvalue weighted by atomic mass is 10.2. The van der Waals surface area contributed by atoms with Crippen LogP contribution in [0.5, 0.6) is 11.5 Å². The Bertz CT molecular complexity index is 881. The molecule has 148 valence electrons. The molecule has 0 aromatic heterocycles. The summed E-state index contributed by atoms with van der Waals surface area (Å²) in [5, 5.41) is 5.33. The monoisotopic (exact) mass is 446 g/mol. The van der Waals surface area contributed by atoms with Gasteiger partial charge in [0, 0.05) is 16.2 Å². The average Bonchev–Trinajstić information content (AvgIpc) is 2.67. The number of hydrogen-bond acceptors (Lipinski definition) is 4. The number of anilines is 1. The molecular weight excluding hydrogens is 424 g/mol. The minimum Gasteiger partial charge on any atom is -0.493 e. The number of rotatable bonds is 8. The van der Waals surface area contributed by atoms with E-state index in [1.165, 1.54) is 6.08 Å². The maximum Gasteiger partial charge on any atom is 0.244 e. The number of methoxy groups -OCH3 is 1. The Labute approximate surface area is 173 Å². The van der Waals surface area contributed by atoms with Crippen molar-refractivity contribution in [3.63, 3.8) is 0 Å². The first kappa shape index (κ1) is 21.5. The number of amides is 2. The molecule has 0 bridgehead atoms. The summed E-state index contributed by atoms with van der Waals surface area (Å²) >= 11 is 3.38. The van der Waals surface area contributed by atoms with Crippen LogP contribution in [0.1, 0.15) is 18.1 Å². The van der Waals surface area contributed by atoms with Crippen LogP contribution in [-0.4, -0.2) is 32.1 Å². The van der Waals surface area contributed by atoms with E-state index in [2.05, 4.69) is 26.6 Å². The number of nitrogens with one attached hydrogen (secondary N) is 2. The number of benzene rings is 2. The summed E-state index contributed by atoms with van der Waals surface area (Å²) in [7, 11) is 1.57. The minimum absolute atomic E-state index is 0.120. The van der Waals surface area contributed by atoms with Crippen molar-refractivity contribution in [1.29, 1.82) is 0 Å². The standard InChI is InChI=1S/C21H23BrN2O4/c1-4-28-19-12-15(5-9-18(19)27-3)6-10-20(25)23-13-21(26)24-17-8-7-16(22)11-14(17)2/h5-12H,4,13H2,1-3H3,(H,23,25)(H,24,26)/b10-6+. The average molecular weight is 447 g/mol. The normalized spacial score (nSPS) is 10.6. The second-order valence-corrected chi connectivity index (χ2v) is 6.82. The van der Waals surface area contributed by atoms with E-state index in [0.717, 1.165) is 15.6 Å². The first-order valence-corrected chi connectivity index (χ1v) is 9.55. The summed E-state index contributed by atoms with van der Waals surface area (Å²) in [6, 6.07) is 10.9. The van der Waals surface area contributed by atoms with Gasteiger partial charge in [0.15, 0.2) is 11.5 Å². The van der Waals surface area contributed by atoms with Crippen molar-refractivity contribution in [2.24, 2.45) is 0 Å². The Kier molecular flexibility index (Phi) is 8.07. The van der Waals surface area contributed by atoms with E-state index in [4.69, 9.17) is 9.47 Å². The van der Waals surface area contributed by atoms with Crippen molar-refractivity contribution in [2.75, 3.05) is 25.6 Å². The second-order valence-electron chi connectivity index (χ2n) is 5.90. The zero-order chi connectivity index (χ0) is 20.5. The summed E-state index contributed by atoms with van der Waals surface area (Å²) < 4.78 is 11.7. The molecule has 0 radical (unpaired) electrons. The van der Waals surface area contributed by atoms with Crippen molar-refractivity contribution >= 4 is 39.5 Å². The summed E-state index contributed by atoms with van der Waals surface area (Å²) in [6.45, 7) is 4.17. The van der Waals surface area contributed by atoms with Gasteiger partial charge in [-0.25, -0.2) is 0 Å². The maximum atomic E-state index is 12.0. The van der Waals surface area contributed by atoms with E-state index >= 15 is 0 Å². The van der Waals surface area contributed by atoms with Gasteiger partial charge in [0.25, 0.3) is 0 Å². The zero-order valence-electron chi connectivity index (χ0n) is 16.0. The van der Waals surface area contributed by atoms with E-state index < -0.39 is 0 Å². The lowest BCUT2D eigenvalue weighted by Gasteiger charge is -2.10. The molecule has 28 heavy (non-hydrogen) atoms. The van der Waals surface area contributed by atoms with Gasteiger partial charge < -0.3 is 20.1 Å². The number of aryl methyl sites for hydroxylation is 1. The molecular formula is C21H23BrN2O4. The molecule has 0 fully saturated rings. The van der Waals surface area contributed by atoms with Crippen molar-refractivity contribution < 1.29 is 19.1 Å². The van der Waals surface area contributed by atoms with Crippen LogP contribution >= 0.6 is 15.9 Å². The molecule has 6 nitrogen and oxygen atoms in total. The highest BCUT2D eigenvalue weighted by molar-refractivity contribution is 9.10. The molecule has 0 saturated heterocycles. The smallest absolute Gasteiger partial charge is 0.244 e. The molecule has 7 heteroatoms. The van der Waals surface area contributed by atoms with Crippen LogP contribution in [0, 0.1) is 6.92 Å². The largest absolute Gasteiger partial charge is 0.493 e. The first-order valence-electron chi connectivity index (χ1n) is 8.75. The van der Waals surface area contributed by atoms with Crippen molar-refractivity contribution in [3.8, 4) is 11.5 Å². The molecule has 2 aromatic rings. The van der Waals surface area contributed by atoms with E-state index in [0.29, 0.717) is 23.8 Å². The van der Waals surface area contributed by atoms with Crippen LogP contribution < -0.4 is 20.1 Å². The Morgan fingerprint density at radius 1 is 1.14 bits per heavy atom. The Morgan fingerprint density at radius 3 is 2.61 bits per heavy atom. The minimum atomic E-state index is -0.364. The maximum absolute atomic E-state index is 12.0. The Morgan fingerprint density at radius 2 is 1.93 bits per heavy atom. The van der Waals surface area contributed by atoms with E-state index in [9.17, 15) is 9.59 Å². The number of halogens is 1. The predicted molar refractivity (Wildman–Crippen MR) is 114 cm³/mol. The van der Waals surface area contributed by atoms with Crippen LogP contribution in [-0.2, 0) is 9.59 Å². The molecule has 0 spiro atoms. The van der Waals surface area contributed by atoms with E-state index in [1.807, 2.05) is 32.0 Å². The van der Waals surface area contributed by atoms with Crippen LogP contribution in [0.15, 0.2) is 46.9 Å². The van der Waals surface area contributed by atoms with Gasteiger partial charge in [0.1, 0.15) is 0 Å². The topological polar surface area (TPSA) is 76.7 Å². The van der Waals surface area contributed by atoms with Gasteiger partial charge >= 0.3 is 0 Å². The van der Waals surface area contributed by atoms with Gasteiger partial charge in [-0.05, 0) is 61.4 Å². The summed E-state index contributed by atoms with van der Waals surface area (Å²) in [5.41, 5.74) is 2.42. The SMILES string of the molecule is CCOc1cc(/C=C/C(=O)NCC(=O)Nc2ccc(Br)cc2C)ccc1OC. The number of carbonyl (C=O) groups excluding carboxylic acids is 2. The second kappa shape index (κ2) is 10.5. The highest BCUT2D eigenvalue weighted by Gasteiger charge is 2.07. The molecule has 2 rings (SSSR count). The van der Waals surface area contributed by atoms with Crippen LogP contribution in [0.3, 0.4) is 0 Å². The third-order valence-corrected chi connectivity index (χ3v) is 4.29. The molecule has 0 saturated carbocycles. The highest BCUT2D eigenvalue weighted by Crippen LogP contribution is 2.28. The molecule has 0 atom stereocenters. The summed E-state index contributed by atoms with van der Waals surface area (Å²) in [4.78, 5) is 24.0. The van der Waals surface area contributed by atoms with Gasteiger partial charge in [-0.15, -0.1) is 0 Å². The van der Waals surface area contributed by atoms with E-state index in [-0.39, 0.29) is 18.4 Å². The van der Waals surface area contributed by atoms with Crippen LogP contribution in [0.2, 0.25) is 0 Å². The molecule has 0 aliphatic carbocycles.